The number of likely N-dealkylation sites (tertiary alicyclic amines) is 1. The number of rotatable bonds is 4. The highest BCUT2D eigenvalue weighted by molar-refractivity contribution is 7.10. The molecule has 1 saturated carbocycles. The fourth-order valence-electron chi connectivity index (χ4n) is 3.35. The number of piperidine rings is 1. The van der Waals surface area contributed by atoms with Gasteiger partial charge in [-0.15, -0.1) is 11.3 Å². The summed E-state index contributed by atoms with van der Waals surface area (Å²) in [5.41, 5.74) is -0.0229. The molecule has 1 N–H and O–H groups in total. The van der Waals surface area contributed by atoms with Crippen molar-refractivity contribution >= 4 is 23.2 Å². The van der Waals surface area contributed by atoms with E-state index in [1.807, 2.05) is 18.4 Å². The molecule has 1 atom stereocenters. The third-order valence-electron chi connectivity index (χ3n) is 4.67. The summed E-state index contributed by atoms with van der Waals surface area (Å²) in [5, 5.41) is 11.6. The molecule has 0 spiro atoms. The van der Waals surface area contributed by atoms with Crippen LogP contribution in [-0.2, 0) is 4.79 Å². The summed E-state index contributed by atoms with van der Waals surface area (Å²) < 4.78 is 0. The third kappa shape index (κ3) is 2.98. The number of thiophene rings is 1. The first-order valence-corrected chi connectivity index (χ1v) is 8.46. The minimum atomic E-state index is -0.728. The molecule has 1 aromatic rings. The molecule has 114 valence electrons. The van der Waals surface area contributed by atoms with Gasteiger partial charge in [-0.25, -0.2) is 0 Å². The predicted octanol–water partition coefficient (Wildman–Crippen LogP) is 3.16. The van der Waals surface area contributed by atoms with Crippen LogP contribution in [0.4, 0.5) is 0 Å². The Bertz CT molecular complexity index is 564. The maximum Gasteiger partial charge on any atom is 0.311 e. The summed E-state index contributed by atoms with van der Waals surface area (Å²) in [6, 6.07) is 1.89. The maximum absolute atomic E-state index is 12.6. The van der Waals surface area contributed by atoms with Gasteiger partial charge in [-0.3, -0.25) is 9.59 Å². The minimum absolute atomic E-state index is 0.0135. The number of aliphatic carboxylic acids is 1. The average Bonchev–Trinajstić information content (AvgIpc) is 3.16. The van der Waals surface area contributed by atoms with E-state index in [9.17, 15) is 14.7 Å². The van der Waals surface area contributed by atoms with E-state index < -0.39 is 11.4 Å². The van der Waals surface area contributed by atoms with Crippen LogP contribution >= 0.6 is 11.3 Å². The van der Waals surface area contributed by atoms with Crippen molar-refractivity contribution in [2.75, 3.05) is 13.1 Å². The van der Waals surface area contributed by atoms with Gasteiger partial charge in [0.15, 0.2) is 0 Å². The normalized spacial score (nSPS) is 25.9. The van der Waals surface area contributed by atoms with E-state index in [0.29, 0.717) is 31.0 Å². The molecule has 0 unspecified atom stereocenters. The summed E-state index contributed by atoms with van der Waals surface area (Å²) in [6.07, 6.45) is 4.51. The van der Waals surface area contributed by atoms with Crippen LogP contribution < -0.4 is 0 Å². The average molecular weight is 307 g/mol. The van der Waals surface area contributed by atoms with Crippen molar-refractivity contribution in [2.45, 2.75) is 39.0 Å². The van der Waals surface area contributed by atoms with Gasteiger partial charge >= 0.3 is 5.97 Å². The van der Waals surface area contributed by atoms with Crippen molar-refractivity contribution in [2.24, 2.45) is 11.3 Å². The molecule has 2 heterocycles. The van der Waals surface area contributed by atoms with Crippen LogP contribution in [0.25, 0.3) is 0 Å². The Balaban J connectivity index is 1.77. The van der Waals surface area contributed by atoms with E-state index in [0.717, 1.165) is 30.6 Å². The lowest BCUT2D eigenvalue weighted by Crippen LogP contribution is -2.50. The van der Waals surface area contributed by atoms with E-state index in [-0.39, 0.29) is 5.91 Å². The standard InChI is InChI=1S/C16H21NO3S/c1-11-7-13(9-21-11)14(18)17-6-2-5-16(10-17,15(19)20)8-12-3-4-12/h7,9,12H,2-6,8,10H2,1H3,(H,19,20)/t16-/m1/s1. The molecule has 0 radical (unpaired) electrons. The molecule has 1 aliphatic carbocycles. The largest absolute Gasteiger partial charge is 0.481 e. The number of nitrogens with zero attached hydrogens (tertiary/aromatic N) is 1. The van der Waals surface area contributed by atoms with Gasteiger partial charge in [0.05, 0.1) is 11.0 Å². The van der Waals surface area contributed by atoms with Crippen molar-refractivity contribution < 1.29 is 14.7 Å². The molecule has 1 amide bonds. The van der Waals surface area contributed by atoms with E-state index in [4.69, 9.17) is 0 Å². The molecule has 0 aromatic carbocycles. The molecule has 2 aliphatic rings. The zero-order chi connectivity index (χ0) is 15.0. The Morgan fingerprint density at radius 1 is 1.48 bits per heavy atom. The summed E-state index contributed by atoms with van der Waals surface area (Å²) in [4.78, 5) is 27.2. The van der Waals surface area contributed by atoms with Gasteiger partial charge in [-0.1, -0.05) is 12.8 Å². The van der Waals surface area contributed by atoms with Crippen molar-refractivity contribution in [3.63, 3.8) is 0 Å². The zero-order valence-corrected chi connectivity index (χ0v) is 13.1. The molecule has 5 heteroatoms. The molecule has 3 rings (SSSR count). The number of carboxylic acid groups (broad SMARTS) is 1. The summed E-state index contributed by atoms with van der Waals surface area (Å²) in [6.45, 7) is 3.02. The Morgan fingerprint density at radius 3 is 2.81 bits per heavy atom. The molecular formula is C16H21NO3S. The topological polar surface area (TPSA) is 57.6 Å². The molecule has 21 heavy (non-hydrogen) atoms. The van der Waals surface area contributed by atoms with Crippen LogP contribution in [0.15, 0.2) is 11.4 Å². The van der Waals surface area contributed by atoms with Crippen LogP contribution in [0.1, 0.15) is 47.3 Å². The SMILES string of the molecule is Cc1cc(C(=O)N2CCC[C@](CC3CC3)(C(=O)O)C2)cs1. The minimum Gasteiger partial charge on any atom is -0.481 e. The van der Waals surface area contributed by atoms with E-state index in [2.05, 4.69) is 0 Å². The van der Waals surface area contributed by atoms with Crippen molar-refractivity contribution in [3.8, 4) is 0 Å². The van der Waals surface area contributed by atoms with Gasteiger partial charge in [0, 0.05) is 23.3 Å². The highest BCUT2D eigenvalue weighted by Gasteiger charge is 2.46. The number of carboxylic acids is 1. The van der Waals surface area contributed by atoms with Crippen molar-refractivity contribution in [1.29, 1.82) is 0 Å². The number of carbonyl (C=O) groups is 2. The second kappa shape index (κ2) is 5.44. The molecule has 4 nitrogen and oxygen atoms in total. The van der Waals surface area contributed by atoms with Gasteiger partial charge in [0.25, 0.3) is 5.91 Å². The third-order valence-corrected chi connectivity index (χ3v) is 5.53. The first-order valence-electron chi connectivity index (χ1n) is 7.58. The lowest BCUT2D eigenvalue weighted by molar-refractivity contribution is -0.152. The molecule has 2 fully saturated rings. The van der Waals surface area contributed by atoms with Crippen LogP contribution in [0, 0.1) is 18.3 Å². The highest BCUT2D eigenvalue weighted by atomic mass is 32.1. The molecule has 1 aliphatic heterocycles. The lowest BCUT2D eigenvalue weighted by Gasteiger charge is -2.40. The first kappa shape index (κ1) is 14.6. The lowest BCUT2D eigenvalue weighted by atomic mass is 9.75. The fraction of sp³-hybridized carbons (Fsp3) is 0.625. The van der Waals surface area contributed by atoms with E-state index in [1.165, 1.54) is 0 Å². The van der Waals surface area contributed by atoms with Gasteiger partial charge in [-0.05, 0) is 38.2 Å². The van der Waals surface area contributed by atoms with Crippen LogP contribution in [0.5, 0.6) is 0 Å². The van der Waals surface area contributed by atoms with Gasteiger partial charge < -0.3 is 10.0 Å². The van der Waals surface area contributed by atoms with Crippen LogP contribution in [0.3, 0.4) is 0 Å². The molecule has 1 saturated heterocycles. The van der Waals surface area contributed by atoms with E-state index >= 15 is 0 Å². The van der Waals surface area contributed by atoms with Gasteiger partial charge in [0.2, 0.25) is 0 Å². The zero-order valence-electron chi connectivity index (χ0n) is 12.3. The number of hydrogen-bond donors (Lipinski definition) is 1. The van der Waals surface area contributed by atoms with E-state index in [1.54, 1.807) is 16.2 Å². The monoisotopic (exact) mass is 307 g/mol. The van der Waals surface area contributed by atoms with Gasteiger partial charge in [-0.2, -0.15) is 0 Å². The summed E-state index contributed by atoms with van der Waals surface area (Å²) in [7, 11) is 0. The summed E-state index contributed by atoms with van der Waals surface area (Å²) >= 11 is 1.56. The van der Waals surface area contributed by atoms with Crippen LogP contribution in [-0.4, -0.2) is 35.0 Å². The van der Waals surface area contributed by atoms with Gasteiger partial charge in [0.1, 0.15) is 0 Å². The van der Waals surface area contributed by atoms with Crippen molar-refractivity contribution in [3.05, 3.63) is 21.9 Å². The summed E-state index contributed by atoms with van der Waals surface area (Å²) in [5.74, 6) is -0.187. The Labute approximate surface area is 128 Å². The molecule has 0 bridgehead atoms. The Morgan fingerprint density at radius 2 is 2.24 bits per heavy atom. The molecule has 1 aromatic heterocycles. The van der Waals surface area contributed by atoms with Crippen LogP contribution in [0.2, 0.25) is 0 Å². The number of aryl methyl sites for hydroxylation is 1. The Kier molecular flexibility index (Phi) is 3.78. The number of amides is 1. The smallest absolute Gasteiger partial charge is 0.311 e. The number of hydrogen-bond acceptors (Lipinski definition) is 3. The molecular weight excluding hydrogens is 286 g/mol. The maximum atomic E-state index is 12.6. The second-order valence-corrected chi connectivity index (χ2v) is 7.62. The van der Waals surface area contributed by atoms with Crippen molar-refractivity contribution in [1.82, 2.24) is 4.90 Å². The predicted molar refractivity (Wildman–Crippen MR) is 81.6 cm³/mol. The number of carbonyl (C=O) groups excluding carboxylic acids is 1. The quantitative estimate of drug-likeness (QED) is 0.929. The fourth-order valence-corrected chi connectivity index (χ4v) is 4.02. The highest BCUT2D eigenvalue weighted by Crippen LogP contribution is 2.45. The Hall–Kier alpha value is -1.36. The first-order chi connectivity index (χ1) is 10.00. The second-order valence-electron chi connectivity index (χ2n) is 6.51.